The first-order valence-corrected chi connectivity index (χ1v) is 11.7. The van der Waals surface area contributed by atoms with E-state index in [0.717, 1.165) is 0 Å². The standard InChI is InChI=1S/C15H23N5O8S2.Na/c1-3-18-5-6-19(14(24)13(18)23)15(25)17-9(4-7-29-2)11(21)16-10-8-20(12(10)22)30(26,27)28;/h9-10H,3-8H2,1-2H3,(H,16,21)(H,17,25)(H,26,27,28);/q;+1/p-1/t9-,10?;/m1./s1. The first-order chi connectivity index (χ1) is 14.0. The van der Waals surface area contributed by atoms with Crippen LogP contribution in [0.5, 0.6) is 0 Å². The molecule has 6 amide bonds. The second-order valence-electron chi connectivity index (χ2n) is 6.51. The molecule has 2 aliphatic rings. The summed E-state index contributed by atoms with van der Waals surface area (Å²) in [6.45, 7) is 1.67. The van der Waals surface area contributed by atoms with E-state index >= 15 is 0 Å². The Hall–Kier alpha value is -1.39. The number of hydrogen-bond donors (Lipinski definition) is 2. The molecule has 2 saturated heterocycles. The number of rotatable bonds is 8. The van der Waals surface area contributed by atoms with E-state index in [1.165, 1.54) is 16.7 Å². The largest absolute Gasteiger partial charge is 1.00 e. The van der Waals surface area contributed by atoms with Gasteiger partial charge in [-0.1, -0.05) is 0 Å². The predicted octanol–water partition coefficient (Wildman–Crippen LogP) is -5.70. The number of β-lactam (4-membered cyclic amide) rings is 1. The topological polar surface area (TPSA) is 176 Å². The summed E-state index contributed by atoms with van der Waals surface area (Å²) >= 11 is 1.39. The first-order valence-electron chi connectivity index (χ1n) is 8.99. The number of nitrogens with one attached hydrogen (secondary N) is 2. The number of likely N-dealkylation sites (N-methyl/N-ethyl adjacent to an activating group) is 1. The maximum atomic E-state index is 12.5. The fourth-order valence-corrected chi connectivity index (χ4v) is 4.03. The molecule has 0 radical (unpaired) electrons. The van der Waals surface area contributed by atoms with Gasteiger partial charge in [0, 0.05) is 19.6 Å². The summed E-state index contributed by atoms with van der Waals surface area (Å²) < 4.78 is 32.7. The molecule has 2 fully saturated rings. The molecule has 13 nitrogen and oxygen atoms in total. The average molecular weight is 487 g/mol. The van der Waals surface area contributed by atoms with Gasteiger partial charge in [0.05, 0.1) is 6.54 Å². The van der Waals surface area contributed by atoms with Crippen molar-refractivity contribution in [1.82, 2.24) is 24.7 Å². The summed E-state index contributed by atoms with van der Waals surface area (Å²) in [5.41, 5.74) is 0. The van der Waals surface area contributed by atoms with E-state index in [1.54, 1.807) is 13.2 Å². The van der Waals surface area contributed by atoms with Crippen LogP contribution in [0, 0.1) is 0 Å². The molecule has 31 heavy (non-hydrogen) atoms. The molecule has 2 heterocycles. The van der Waals surface area contributed by atoms with Crippen molar-refractivity contribution in [2.75, 3.05) is 38.2 Å². The van der Waals surface area contributed by atoms with Gasteiger partial charge in [0.2, 0.25) is 5.91 Å². The predicted molar refractivity (Wildman–Crippen MR) is 103 cm³/mol. The molecule has 2 atom stereocenters. The van der Waals surface area contributed by atoms with E-state index in [4.69, 9.17) is 0 Å². The Kier molecular flexibility index (Phi) is 10.2. The zero-order valence-corrected chi connectivity index (χ0v) is 21.0. The number of carbonyl (C=O) groups excluding carboxylic acids is 5. The number of urea groups is 1. The summed E-state index contributed by atoms with van der Waals surface area (Å²) in [5, 5.41) is 4.67. The van der Waals surface area contributed by atoms with Crippen LogP contribution >= 0.6 is 11.8 Å². The van der Waals surface area contributed by atoms with Crippen LogP contribution in [-0.2, 0) is 29.5 Å². The van der Waals surface area contributed by atoms with Crippen molar-refractivity contribution in [2.24, 2.45) is 0 Å². The summed E-state index contributed by atoms with van der Waals surface area (Å²) in [6.07, 6.45) is 1.93. The molecule has 0 aromatic carbocycles. The number of nitrogens with zero attached hydrogens (tertiary/aromatic N) is 3. The van der Waals surface area contributed by atoms with Gasteiger partial charge in [0.1, 0.15) is 12.1 Å². The molecule has 0 spiro atoms. The Morgan fingerprint density at radius 3 is 2.39 bits per heavy atom. The third-order valence-electron chi connectivity index (χ3n) is 4.64. The van der Waals surface area contributed by atoms with Crippen molar-refractivity contribution >= 4 is 51.7 Å². The maximum Gasteiger partial charge on any atom is 1.00 e. The monoisotopic (exact) mass is 487 g/mol. The molecule has 0 aliphatic carbocycles. The smallest absolute Gasteiger partial charge is 0.731 e. The zero-order valence-electron chi connectivity index (χ0n) is 17.3. The van der Waals surface area contributed by atoms with Gasteiger partial charge in [0.25, 0.3) is 5.91 Å². The number of thioether (sulfide) groups is 1. The van der Waals surface area contributed by atoms with E-state index in [-0.39, 0.29) is 53.4 Å². The fraction of sp³-hybridized carbons (Fsp3) is 0.667. The molecule has 2 rings (SSSR count). The van der Waals surface area contributed by atoms with Gasteiger partial charge < -0.3 is 20.1 Å². The van der Waals surface area contributed by atoms with Gasteiger partial charge >= 0.3 is 47.4 Å². The van der Waals surface area contributed by atoms with Crippen LogP contribution in [0.4, 0.5) is 4.79 Å². The molecule has 2 aliphatic heterocycles. The van der Waals surface area contributed by atoms with Crippen molar-refractivity contribution in [3.63, 3.8) is 0 Å². The molecule has 2 N–H and O–H groups in total. The van der Waals surface area contributed by atoms with Gasteiger partial charge in [-0.05, 0) is 25.4 Å². The Morgan fingerprint density at radius 1 is 1.23 bits per heavy atom. The second-order valence-corrected chi connectivity index (χ2v) is 8.80. The van der Waals surface area contributed by atoms with E-state index < -0.39 is 58.6 Å². The fourth-order valence-electron chi connectivity index (χ4n) is 2.88. The molecule has 1 unspecified atom stereocenters. The number of piperazine rings is 1. The zero-order chi connectivity index (χ0) is 22.6. The molecule has 0 aromatic heterocycles. The van der Waals surface area contributed by atoms with Crippen LogP contribution in [0.2, 0.25) is 0 Å². The van der Waals surface area contributed by atoms with Gasteiger partial charge in [0.15, 0.2) is 10.3 Å². The molecule has 0 saturated carbocycles. The van der Waals surface area contributed by atoms with E-state index in [0.29, 0.717) is 17.2 Å². The third kappa shape index (κ3) is 6.55. The quantitative estimate of drug-likeness (QED) is 0.146. The number of carbonyl (C=O) groups is 5. The van der Waals surface area contributed by atoms with Crippen molar-refractivity contribution in [2.45, 2.75) is 25.4 Å². The molecular weight excluding hydrogens is 465 g/mol. The van der Waals surface area contributed by atoms with Gasteiger partial charge in [-0.15, -0.1) is 0 Å². The Morgan fingerprint density at radius 2 is 1.87 bits per heavy atom. The van der Waals surface area contributed by atoms with Crippen LogP contribution in [0.3, 0.4) is 0 Å². The first kappa shape index (κ1) is 27.6. The van der Waals surface area contributed by atoms with Crippen molar-refractivity contribution in [1.29, 1.82) is 0 Å². The van der Waals surface area contributed by atoms with Gasteiger partial charge in [-0.2, -0.15) is 11.8 Å². The third-order valence-corrected chi connectivity index (χ3v) is 6.15. The van der Waals surface area contributed by atoms with Gasteiger partial charge in [-0.3, -0.25) is 24.1 Å². The van der Waals surface area contributed by atoms with E-state index in [1.807, 2.05) is 0 Å². The average Bonchev–Trinajstić information content (AvgIpc) is 2.68. The number of imide groups is 1. The summed E-state index contributed by atoms with van der Waals surface area (Å²) in [7, 11) is -4.94. The van der Waals surface area contributed by atoms with Crippen LogP contribution in [-0.4, -0.2) is 107 Å². The molecule has 0 aromatic rings. The Balaban J connectivity index is 0.00000480. The molecular formula is C15H22N5NaO8S2. The van der Waals surface area contributed by atoms with Gasteiger partial charge in [-0.25, -0.2) is 17.5 Å². The maximum absolute atomic E-state index is 12.5. The Bertz CT molecular complexity index is 854. The minimum atomic E-state index is -4.94. The van der Waals surface area contributed by atoms with Crippen LogP contribution in [0.1, 0.15) is 13.3 Å². The normalized spacial score (nSPS) is 20.0. The van der Waals surface area contributed by atoms with Crippen LogP contribution < -0.4 is 40.2 Å². The molecule has 0 bridgehead atoms. The van der Waals surface area contributed by atoms with Crippen LogP contribution in [0.25, 0.3) is 0 Å². The number of amides is 6. The minimum absolute atomic E-state index is 0. The SMILES string of the molecule is CCN1CCN(C(=O)N[C@H](CCSC)C(=O)NC2CN(S(=O)(=O)[O-])C2=O)C(=O)C1=O.[Na+]. The summed E-state index contributed by atoms with van der Waals surface area (Å²) in [6, 6.07) is -3.26. The van der Waals surface area contributed by atoms with Crippen molar-refractivity contribution < 1.29 is 66.5 Å². The van der Waals surface area contributed by atoms with Crippen LogP contribution in [0.15, 0.2) is 0 Å². The van der Waals surface area contributed by atoms with E-state index in [2.05, 4.69) is 10.6 Å². The molecule has 168 valence electrons. The van der Waals surface area contributed by atoms with E-state index in [9.17, 15) is 36.9 Å². The summed E-state index contributed by atoms with van der Waals surface area (Å²) in [5.74, 6) is -3.21. The van der Waals surface area contributed by atoms with Crippen molar-refractivity contribution in [3.05, 3.63) is 0 Å². The minimum Gasteiger partial charge on any atom is -0.731 e. The Labute approximate surface area is 205 Å². The molecule has 16 heteroatoms. The second kappa shape index (κ2) is 11.5. The number of hydrogen-bond acceptors (Lipinski definition) is 9. The van der Waals surface area contributed by atoms with Crippen molar-refractivity contribution in [3.8, 4) is 0 Å². The summed E-state index contributed by atoms with van der Waals surface area (Å²) in [4.78, 5) is 62.8.